The Balaban J connectivity index is 0.000000241. The predicted molar refractivity (Wildman–Crippen MR) is 200 cm³/mol. The van der Waals surface area contributed by atoms with Crippen molar-refractivity contribution in [2.45, 2.75) is 69.9 Å². The summed E-state index contributed by atoms with van der Waals surface area (Å²) in [5.74, 6) is -1.10. The number of para-hydroxylation sites is 1. The first-order valence-electron chi connectivity index (χ1n) is 19.0. The van der Waals surface area contributed by atoms with Crippen molar-refractivity contribution in [2.24, 2.45) is 5.92 Å². The molecule has 4 amide bonds. The molecular weight excluding hydrogens is 783 g/mol. The van der Waals surface area contributed by atoms with E-state index in [0.717, 1.165) is 24.9 Å². The Morgan fingerprint density at radius 1 is 0.807 bits per heavy atom. The number of hydrogen-bond donors (Lipinski definition) is 1. The summed E-state index contributed by atoms with van der Waals surface area (Å²) < 4.78 is 108. The highest BCUT2D eigenvalue weighted by atomic mass is 32.2. The molecular formula is C38H50F6N6O6S. The molecule has 12 nitrogen and oxygen atoms in total. The molecule has 2 aromatic rings. The highest BCUT2D eigenvalue weighted by Crippen LogP contribution is 2.37. The zero-order valence-corrected chi connectivity index (χ0v) is 33.1. The minimum Gasteiger partial charge on any atom is -0.453 e. The molecule has 6 rings (SSSR count). The summed E-state index contributed by atoms with van der Waals surface area (Å²) in [6.45, 7) is 6.30. The number of piperazine rings is 1. The van der Waals surface area contributed by atoms with E-state index in [1.165, 1.54) is 30.2 Å². The van der Waals surface area contributed by atoms with Crippen LogP contribution in [0.5, 0.6) is 0 Å². The Kier molecular flexibility index (Phi) is 14.1. The molecule has 0 aromatic heterocycles. The van der Waals surface area contributed by atoms with Gasteiger partial charge in [-0.2, -0.15) is 26.3 Å². The van der Waals surface area contributed by atoms with E-state index in [-0.39, 0.29) is 48.2 Å². The fraction of sp³-hybridized carbons (Fsp3) is 0.605. The van der Waals surface area contributed by atoms with Crippen LogP contribution >= 0.6 is 0 Å². The quantitative estimate of drug-likeness (QED) is 0.367. The number of amides is 4. The number of benzene rings is 2. The number of piperidine rings is 2. The standard InChI is InChI=1S/C22H29F6N3O3S.C16H21N3O3/c1-15(11-16-12-17(21(23,24)25)14-18(13-16)22(26,27)28)20(32)30-9-7-29(8-10-30)19-3-5-31(6-4-19)35(2,33)34;1-22-16(21)18-9-7-13(8-10-18)19-11-6-12-4-2-3-5-14(12)17-15(19)20/h12-15,19H,3-11H2,1-2H3;2-5,13H,6-11H2,1H3,(H,17,20)/t15-;/m1./s1. The van der Waals surface area contributed by atoms with Crippen molar-refractivity contribution in [3.63, 3.8) is 0 Å². The van der Waals surface area contributed by atoms with Crippen molar-refractivity contribution < 1.29 is 53.9 Å². The van der Waals surface area contributed by atoms with Gasteiger partial charge in [0.1, 0.15) is 0 Å². The monoisotopic (exact) mass is 832 g/mol. The number of likely N-dealkylation sites (tertiary alicyclic amines) is 1. The Bertz CT molecular complexity index is 1810. The van der Waals surface area contributed by atoms with Gasteiger partial charge in [-0.3, -0.25) is 9.69 Å². The second-order valence-corrected chi connectivity index (χ2v) is 17.0. The van der Waals surface area contributed by atoms with E-state index in [4.69, 9.17) is 4.74 Å². The number of hydrogen-bond acceptors (Lipinski definition) is 7. The first kappa shape index (κ1) is 44.0. The molecule has 1 atom stereocenters. The van der Waals surface area contributed by atoms with Gasteiger partial charge in [-0.1, -0.05) is 25.1 Å². The molecule has 0 unspecified atom stereocenters. The first-order chi connectivity index (χ1) is 26.7. The molecule has 0 radical (unpaired) electrons. The molecule has 3 fully saturated rings. The predicted octanol–water partition coefficient (Wildman–Crippen LogP) is 5.78. The molecule has 4 aliphatic heterocycles. The minimum atomic E-state index is -4.93. The minimum absolute atomic E-state index is 0.0403. The average Bonchev–Trinajstić information content (AvgIpc) is 3.34. The van der Waals surface area contributed by atoms with E-state index >= 15 is 0 Å². The van der Waals surface area contributed by atoms with Crippen LogP contribution in [0.25, 0.3) is 0 Å². The Labute approximate surface area is 329 Å². The molecule has 4 aliphatic rings. The summed E-state index contributed by atoms with van der Waals surface area (Å²) in [6, 6.07) is 9.68. The van der Waals surface area contributed by atoms with Crippen LogP contribution in [-0.2, 0) is 44.7 Å². The van der Waals surface area contributed by atoms with Crippen molar-refractivity contribution in [1.82, 2.24) is 23.9 Å². The van der Waals surface area contributed by atoms with Crippen LogP contribution in [-0.4, -0.2) is 135 Å². The first-order valence-corrected chi connectivity index (χ1v) is 20.8. The fourth-order valence-corrected chi connectivity index (χ4v) is 8.84. The summed E-state index contributed by atoms with van der Waals surface area (Å²) in [6.07, 6.45) is -5.40. The third kappa shape index (κ3) is 11.5. The number of ether oxygens (including phenoxy) is 1. The van der Waals surface area contributed by atoms with Crippen LogP contribution in [0, 0.1) is 5.92 Å². The molecule has 316 valence electrons. The summed E-state index contributed by atoms with van der Waals surface area (Å²) in [7, 11) is -1.82. The molecule has 4 heterocycles. The summed E-state index contributed by atoms with van der Waals surface area (Å²) in [4.78, 5) is 44.3. The topological polar surface area (TPSA) is 123 Å². The SMILES string of the molecule is COC(=O)N1CCC(N2CCc3ccccc3NC2=O)CC1.C[C@H](Cc1cc(C(F)(F)F)cc(C(F)(F)F)c1)C(=O)N1CCN(C2CCN(S(C)(=O)=O)CC2)CC1. The van der Waals surface area contributed by atoms with E-state index in [0.29, 0.717) is 83.9 Å². The van der Waals surface area contributed by atoms with Crippen LogP contribution in [0.4, 0.5) is 41.6 Å². The molecule has 0 saturated carbocycles. The van der Waals surface area contributed by atoms with Gasteiger partial charge in [-0.15, -0.1) is 0 Å². The second kappa shape index (κ2) is 18.2. The maximum Gasteiger partial charge on any atom is 0.416 e. The van der Waals surface area contributed by atoms with Gasteiger partial charge in [0.2, 0.25) is 15.9 Å². The van der Waals surface area contributed by atoms with Gasteiger partial charge >= 0.3 is 24.5 Å². The van der Waals surface area contributed by atoms with Gasteiger partial charge in [-0.05, 0) is 73.9 Å². The normalized spacial score (nSPS) is 20.2. The molecule has 19 heteroatoms. The largest absolute Gasteiger partial charge is 0.453 e. The number of urea groups is 1. The number of nitrogens with zero attached hydrogens (tertiary/aromatic N) is 5. The van der Waals surface area contributed by atoms with Gasteiger partial charge < -0.3 is 24.8 Å². The van der Waals surface area contributed by atoms with Gasteiger partial charge in [0.05, 0.1) is 24.5 Å². The Hall–Kier alpha value is -4.10. The van der Waals surface area contributed by atoms with E-state index < -0.39 is 39.4 Å². The van der Waals surface area contributed by atoms with E-state index in [9.17, 15) is 49.1 Å². The smallest absolute Gasteiger partial charge is 0.416 e. The number of nitrogens with one attached hydrogen (secondary N) is 1. The number of anilines is 1. The number of halogens is 6. The number of sulfonamides is 1. The highest BCUT2D eigenvalue weighted by Gasteiger charge is 2.38. The number of carbonyl (C=O) groups is 3. The van der Waals surface area contributed by atoms with Crippen molar-refractivity contribution in [3.05, 3.63) is 64.7 Å². The Morgan fingerprint density at radius 2 is 1.37 bits per heavy atom. The van der Waals surface area contributed by atoms with Gasteiger partial charge in [0.15, 0.2) is 0 Å². The van der Waals surface area contributed by atoms with Crippen molar-refractivity contribution >= 4 is 33.7 Å². The zero-order valence-electron chi connectivity index (χ0n) is 32.2. The van der Waals surface area contributed by atoms with E-state index in [1.807, 2.05) is 23.1 Å². The summed E-state index contributed by atoms with van der Waals surface area (Å²) in [5, 5.41) is 3.00. The second-order valence-electron chi connectivity index (χ2n) is 15.0. The third-order valence-corrected chi connectivity index (χ3v) is 12.4. The van der Waals surface area contributed by atoms with Gasteiger partial charge in [0, 0.05) is 82.6 Å². The van der Waals surface area contributed by atoms with Crippen LogP contribution in [0.2, 0.25) is 0 Å². The van der Waals surface area contributed by atoms with Gasteiger partial charge in [-0.25, -0.2) is 22.3 Å². The van der Waals surface area contributed by atoms with Crippen molar-refractivity contribution in [2.75, 3.05) is 77.6 Å². The van der Waals surface area contributed by atoms with Crippen LogP contribution < -0.4 is 5.32 Å². The molecule has 0 spiro atoms. The van der Waals surface area contributed by atoms with Crippen LogP contribution in [0.1, 0.15) is 54.9 Å². The highest BCUT2D eigenvalue weighted by molar-refractivity contribution is 7.88. The fourth-order valence-electron chi connectivity index (χ4n) is 7.96. The lowest BCUT2D eigenvalue weighted by Gasteiger charge is -2.42. The number of methoxy groups -OCH3 is 1. The Morgan fingerprint density at radius 3 is 1.91 bits per heavy atom. The molecule has 57 heavy (non-hydrogen) atoms. The summed E-state index contributed by atoms with van der Waals surface area (Å²) >= 11 is 0. The molecule has 3 saturated heterocycles. The van der Waals surface area contributed by atoms with Crippen LogP contribution in [0.3, 0.4) is 0 Å². The van der Waals surface area contributed by atoms with Crippen molar-refractivity contribution in [1.29, 1.82) is 0 Å². The maximum atomic E-state index is 13.1. The number of carbonyl (C=O) groups excluding carboxylic acids is 3. The number of rotatable bonds is 6. The molecule has 0 bridgehead atoms. The third-order valence-electron chi connectivity index (χ3n) is 11.1. The molecule has 0 aliphatic carbocycles. The lowest BCUT2D eigenvalue weighted by atomic mass is 9.95. The average molecular weight is 833 g/mol. The van der Waals surface area contributed by atoms with E-state index in [1.54, 1.807) is 9.80 Å². The van der Waals surface area contributed by atoms with Crippen molar-refractivity contribution in [3.8, 4) is 0 Å². The summed E-state index contributed by atoms with van der Waals surface area (Å²) in [5.41, 5.74) is -0.897. The van der Waals surface area contributed by atoms with Crippen LogP contribution in [0.15, 0.2) is 42.5 Å². The number of fused-ring (bicyclic) bond motifs is 1. The lowest BCUT2D eigenvalue weighted by Crippen LogP contribution is -2.55. The zero-order chi connectivity index (χ0) is 41.7. The maximum absolute atomic E-state index is 13.1. The van der Waals surface area contributed by atoms with E-state index in [2.05, 4.69) is 16.3 Å². The number of alkyl halides is 6. The van der Waals surface area contributed by atoms with Gasteiger partial charge in [0.25, 0.3) is 0 Å². The molecule has 1 N–H and O–H groups in total. The lowest BCUT2D eigenvalue weighted by molar-refractivity contribution is -0.143. The molecule has 2 aromatic carbocycles.